The highest BCUT2D eigenvalue weighted by Gasteiger charge is 2.31. The molecule has 16 heavy (non-hydrogen) atoms. The van der Waals surface area contributed by atoms with Crippen LogP contribution in [0.5, 0.6) is 0 Å². The predicted octanol–water partition coefficient (Wildman–Crippen LogP) is 0.262. The summed E-state index contributed by atoms with van der Waals surface area (Å²) in [5, 5.41) is 15.9. The Balaban J connectivity index is 1.69. The van der Waals surface area contributed by atoms with E-state index >= 15 is 0 Å². The summed E-state index contributed by atoms with van der Waals surface area (Å²) >= 11 is 0. The highest BCUT2D eigenvalue weighted by atomic mass is 16.3. The van der Waals surface area contributed by atoms with Gasteiger partial charge in [0, 0.05) is 18.5 Å². The summed E-state index contributed by atoms with van der Waals surface area (Å²) in [6.45, 7) is 3.46. The Morgan fingerprint density at radius 3 is 2.88 bits per heavy atom. The lowest BCUT2D eigenvalue weighted by Gasteiger charge is -2.27. The summed E-state index contributed by atoms with van der Waals surface area (Å²) in [6, 6.07) is 0.429. The molecular weight excluding hydrogens is 204 g/mol. The molecule has 1 aliphatic heterocycles. The molecule has 4 nitrogen and oxygen atoms in total. The third kappa shape index (κ3) is 3.19. The van der Waals surface area contributed by atoms with Gasteiger partial charge in [-0.2, -0.15) is 0 Å². The maximum Gasteiger partial charge on any atom is 0.223 e. The van der Waals surface area contributed by atoms with Crippen molar-refractivity contribution in [2.75, 3.05) is 13.1 Å². The zero-order valence-electron chi connectivity index (χ0n) is 9.91. The van der Waals surface area contributed by atoms with Gasteiger partial charge in [0.15, 0.2) is 0 Å². The molecule has 3 atom stereocenters. The number of hydrogen-bond acceptors (Lipinski definition) is 3. The van der Waals surface area contributed by atoms with E-state index < -0.39 is 0 Å². The predicted molar refractivity (Wildman–Crippen MR) is 61.9 cm³/mol. The number of aliphatic hydroxyl groups excluding tert-OH is 1. The van der Waals surface area contributed by atoms with E-state index in [1.54, 1.807) is 0 Å². The van der Waals surface area contributed by atoms with Gasteiger partial charge in [-0.05, 0) is 45.1 Å². The van der Waals surface area contributed by atoms with Crippen LogP contribution < -0.4 is 10.6 Å². The van der Waals surface area contributed by atoms with Gasteiger partial charge >= 0.3 is 0 Å². The van der Waals surface area contributed by atoms with Crippen molar-refractivity contribution in [3.8, 4) is 0 Å². The maximum absolute atomic E-state index is 11.8. The number of piperidine rings is 1. The van der Waals surface area contributed by atoms with Crippen LogP contribution in [0.25, 0.3) is 0 Å². The first kappa shape index (κ1) is 11.9. The first-order valence-corrected chi connectivity index (χ1v) is 6.36. The van der Waals surface area contributed by atoms with Gasteiger partial charge in [0.1, 0.15) is 0 Å². The van der Waals surface area contributed by atoms with Crippen LogP contribution in [0, 0.1) is 11.8 Å². The lowest BCUT2D eigenvalue weighted by Crippen LogP contribution is -2.44. The van der Waals surface area contributed by atoms with Gasteiger partial charge in [0.25, 0.3) is 0 Å². The lowest BCUT2D eigenvalue weighted by molar-refractivity contribution is -0.126. The zero-order chi connectivity index (χ0) is 11.5. The number of carbonyl (C=O) groups is 1. The van der Waals surface area contributed by atoms with Crippen molar-refractivity contribution >= 4 is 5.91 Å². The van der Waals surface area contributed by atoms with Crippen molar-refractivity contribution in [1.82, 2.24) is 10.6 Å². The minimum absolute atomic E-state index is 0.119. The number of hydrogen-bond donors (Lipinski definition) is 3. The van der Waals surface area contributed by atoms with Crippen LogP contribution in [0.15, 0.2) is 0 Å². The number of aliphatic hydroxyl groups is 1. The minimum Gasteiger partial charge on any atom is -0.391 e. The molecular formula is C12H22N2O2. The first-order valence-electron chi connectivity index (χ1n) is 6.36. The SMILES string of the molecule is CC1CC(C(=O)NCC(O)C2CC2)CCN1. The topological polar surface area (TPSA) is 61.4 Å². The van der Waals surface area contributed by atoms with E-state index in [-0.39, 0.29) is 17.9 Å². The van der Waals surface area contributed by atoms with Crippen molar-refractivity contribution in [3.63, 3.8) is 0 Å². The van der Waals surface area contributed by atoms with E-state index in [2.05, 4.69) is 17.6 Å². The molecule has 0 spiro atoms. The summed E-state index contributed by atoms with van der Waals surface area (Å²) in [5.41, 5.74) is 0. The second-order valence-electron chi connectivity index (χ2n) is 5.23. The smallest absolute Gasteiger partial charge is 0.223 e. The largest absolute Gasteiger partial charge is 0.391 e. The molecule has 0 aromatic heterocycles. The Bertz CT molecular complexity index is 253. The number of amides is 1. The lowest BCUT2D eigenvalue weighted by atomic mass is 9.92. The van der Waals surface area contributed by atoms with E-state index in [1.165, 1.54) is 0 Å². The number of rotatable bonds is 4. The van der Waals surface area contributed by atoms with Gasteiger partial charge in [-0.25, -0.2) is 0 Å². The standard InChI is InChI=1S/C12H22N2O2/c1-8-6-10(4-5-13-8)12(16)14-7-11(15)9-2-3-9/h8-11,13,15H,2-7H2,1H3,(H,14,16). The average molecular weight is 226 g/mol. The van der Waals surface area contributed by atoms with Crippen LogP contribution in [0.2, 0.25) is 0 Å². The normalized spacial score (nSPS) is 32.1. The van der Waals surface area contributed by atoms with Crippen molar-refractivity contribution in [1.29, 1.82) is 0 Å². The molecule has 2 aliphatic rings. The highest BCUT2D eigenvalue weighted by Crippen LogP contribution is 2.32. The van der Waals surface area contributed by atoms with Crippen LogP contribution in [0.4, 0.5) is 0 Å². The highest BCUT2D eigenvalue weighted by molar-refractivity contribution is 5.78. The molecule has 92 valence electrons. The quantitative estimate of drug-likeness (QED) is 0.644. The maximum atomic E-state index is 11.8. The fourth-order valence-electron chi connectivity index (χ4n) is 2.37. The van der Waals surface area contributed by atoms with Crippen LogP contribution in [-0.2, 0) is 4.79 Å². The van der Waals surface area contributed by atoms with E-state index in [0.717, 1.165) is 32.2 Å². The second kappa shape index (κ2) is 5.15. The van der Waals surface area contributed by atoms with Gasteiger partial charge in [0.05, 0.1) is 6.10 Å². The molecule has 0 aromatic carbocycles. The van der Waals surface area contributed by atoms with Crippen LogP contribution in [-0.4, -0.2) is 36.2 Å². The van der Waals surface area contributed by atoms with Gasteiger partial charge in [-0.1, -0.05) is 0 Å². The van der Waals surface area contributed by atoms with E-state index in [9.17, 15) is 9.90 Å². The average Bonchev–Trinajstić information content (AvgIpc) is 3.09. The molecule has 1 saturated heterocycles. The molecule has 4 heteroatoms. The number of nitrogens with one attached hydrogen (secondary N) is 2. The Morgan fingerprint density at radius 1 is 1.50 bits per heavy atom. The summed E-state index contributed by atoms with van der Waals surface area (Å²) in [7, 11) is 0. The van der Waals surface area contributed by atoms with Gasteiger partial charge in [0.2, 0.25) is 5.91 Å². The zero-order valence-corrected chi connectivity index (χ0v) is 9.91. The molecule has 3 unspecified atom stereocenters. The Kier molecular flexibility index (Phi) is 3.82. The van der Waals surface area contributed by atoms with Crippen LogP contribution in [0.1, 0.15) is 32.6 Å². The fraction of sp³-hybridized carbons (Fsp3) is 0.917. The monoisotopic (exact) mass is 226 g/mol. The fourth-order valence-corrected chi connectivity index (χ4v) is 2.37. The molecule has 1 aliphatic carbocycles. The third-order valence-corrected chi connectivity index (χ3v) is 3.65. The summed E-state index contributed by atoms with van der Waals surface area (Å²) < 4.78 is 0. The molecule has 1 saturated carbocycles. The van der Waals surface area contributed by atoms with Crippen LogP contribution in [0.3, 0.4) is 0 Å². The Morgan fingerprint density at radius 2 is 2.25 bits per heavy atom. The molecule has 1 heterocycles. The summed E-state index contributed by atoms with van der Waals surface area (Å²) in [4.78, 5) is 11.8. The van der Waals surface area contributed by atoms with Crippen molar-refractivity contribution in [2.45, 2.75) is 44.8 Å². The Hall–Kier alpha value is -0.610. The van der Waals surface area contributed by atoms with Gasteiger partial charge in [-0.15, -0.1) is 0 Å². The second-order valence-corrected chi connectivity index (χ2v) is 5.23. The van der Waals surface area contributed by atoms with E-state index in [4.69, 9.17) is 0 Å². The van der Waals surface area contributed by atoms with E-state index in [1.807, 2.05) is 0 Å². The molecule has 2 fully saturated rings. The molecule has 0 bridgehead atoms. The summed E-state index contributed by atoms with van der Waals surface area (Å²) in [5.74, 6) is 0.683. The molecule has 1 amide bonds. The molecule has 0 aromatic rings. The van der Waals surface area contributed by atoms with E-state index in [0.29, 0.717) is 18.5 Å². The first-order chi connectivity index (χ1) is 7.66. The third-order valence-electron chi connectivity index (χ3n) is 3.65. The van der Waals surface area contributed by atoms with Crippen molar-refractivity contribution in [2.24, 2.45) is 11.8 Å². The van der Waals surface area contributed by atoms with Gasteiger partial charge < -0.3 is 15.7 Å². The van der Waals surface area contributed by atoms with Crippen molar-refractivity contribution in [3.05, 3.63) is 0 Å². The minimum atomic E-state index is -0.330. The van der Waals surface area contributed by atoms with Gasteiger partial charge in [-0.3, -0.25) is 4.79 Å². The molecule has 3 N–H and O–H groups in total. The molecule has 2 rings (SSSR count). The Labute approximate surface area is 96.8 Å². The molecule has 0 radical (unpaired) electrons. The van der Waals surface area contributed by atoms with Crippen molar-refractivity contribution < 1.29 is 9.90 Å². The van der Waals surface area contributed by atoms with Crippen LogP contribution >= 0.6 is 0 Å². The number of carbonyl (C=O) groups excluding carboxylic acids is 1. The summed E-state index contributed by atoms with van der Waals surface area (Å²) in [6.07, 6.45) is 3.72.